The number of hydrogen-bond acceptors (Lipinski definition) is 3. The maximum absolute atomic E-state index is 12.6. The lowest BCUT2D eigenvalue weighted by Gasteiger charge is -2.10. The standard InChI is InChI=1S/C16H13F3N2O3/c1-24-13-7-3-6-12(9-13)21-15(23)14(22)20-11-5-2-4-10(8-11)16(17,18)19/h2-9H,1H3,(H,20,22)(H,21,23). The van der Waals surface area contributed by atoms with E-state index in [-0.39, 0.29) is 5.69 Å². The highest BCUT2D eigenvalue weighted by atomic mass is 19.4. The Kier molecular flexibility index (Phi) is 5.08. The van der Waals surface area contributed by atoms with Crippen molar-refractivity contribution >= 4 is 23.2 Å². The average molecular weight is 338 g/mol. The summed E-state index contributed by atoms with van der Waals surface area (Å²) in [4.78, 5) is 23.6. The zero-order chi connectivity index (χ0) is 17.7. The van der Waals surface area contributed by atoms with E-state index in [9.17, 15) is 22.8 Å². The summed E-state index contributed by atoms with van der Waals surface area (Å²) in [5.74, 6) is -1.62. The molecule has 2 amide bonds. The van der Waals surface area contributed by atoms with Crippen LogP contribution in [0, 0.1) is 0 Å². The van der Waals surface area contributed by atoms with Crippen molar-refractivity contribution in [1.82, 2.24) is 0 Å². The molecule has 0 aliphatic rings. The maximum atomic E-state index is 12.6. The van der Waals surface area contributed by atoms with Gasteiger partial charge in [0.25, 0.3) is 0 Å². The fourth-order valence-electron chi connectivity index (χ4n) is 1.85. The second-order valence-electron chi connectivity index (χ2n) is 4.72. The molecule has 2 N–H and O–H groups in total. The van der Waals surface area contributed by atoms with Gasteiger partial charge in [0, 0.05) is 17.4 Å². The van der Waals surface area contributed by atoms with Crippen LogP contribution in [0.1, 0.15) is 5.56 Å². The van der Waals surface area contributed by atoms with E-state index in [0.29, 0.717) is 11.4 Å². The van der Waals surface area contributed by atoms with Gasteiger partial charge in [0.05, 0.1) is 12.7 Å². The number of benzene rings is 2. The molecule has 0 fully saturated rings. The molecule has 0 aromatic heterocycles. The number of carbonyl (C=O) groups excluding carboxylic acids is 2. The molecular weight excluding hydrogens is 325 g/mol. The van der Waals surface area contributed by atoms with Crippen molar-refractivity contribution in [2.45, 2.75) is 6.18 Å². The zero-order valence-electron chi connectivity index (χ0n) is 12.5. The first kappa shape index (κ1) is 17.3. The maximum Gasteiger partial charge on any atom is 0.416 e. The fraction of sp³-hybridized carbons (Fsp3) is 0.125. The fourth-order valence-corrected chi connectivity index (χ4v) is 1.85. The molecule has 0 heterocycles. The van der Waals surface area contributed by atoms with Gasteiger partial charge in [0.2, 0.25) is 0 Å². The summed E-state index contributed by atoms with van der Waals surface area (Å²) in [5, 5.41) is 4.45. The number of rotatable bonds is 3. The SMILES string of the molecule is COc1cccc(NC(=O)C(=O)Nc2cccc(C(F)(F)F)c2)c1. The molecule has 0 atom stereocenters. The van der Waals surface area contributed by atoms with E-state index >= 15 is 0 Å². The molecule has 126 valence electrons. The van der Waals surface area contributed by atoms with Gasteiger partial charge in [-0.05, 0) is 30.3 Å². The predicted molar refractivity (Wildman–Crippen MR) is 81.7 cm³/mol. The summed E-state index contributed by atoms with van der Waals surface area (Å²) in [6, 6.07) is 10.3. The number of ether oxygens (including phenoxy) is 1. The lowest BCUT2D eigenvalue weighted by Crippen LogP contribution is -2.29. The van der Waals surface area contributed by atoms with Crippen LogP contribution in [0.5, 0.6) is 5.75 Å². The Balaban J connectivity index is 2.05. The van der Waals surface area contributed by atoms with Gasteiger partial charge in [-0.15, -0.1) is 0 Å². The van der Waals surface area contributed by atoms with Gasteiger partial charge in [-0.25, -0.2) is 0 Å². The Morgan fingerprint density at radius 1 is 0.917 bits per heavy atom. The molecule has 0 aliphatic carbocycles. The highest BCUT2D eigenvalue weighted by Gasteiger charge is 2.30. The summed E-state index contributed by atoms with van der Waals surface area (Å²) >= 11 is 0. The van der Waals surface area contributed by atoms with Crippen LogP contribution in [-0.4, -0.2) is 18.9 Å². The summed E-state index contributed by atoms with van der Waals surface area (Å²) in [6.45, 7) is 0. The molecule has 0 bridgehead atoms. The molecular formula is C16H13F3N2O3. The van der Waals surface area contributed by atoms with Gasteiger partial charge in [-0.3, -0.25) is 9.59 Å². The molecule has 2 rings (SSSR count). The molecule has 2 aromatic rings. The van der Waals surface area contributed by atoms with Crippen LogP contribution >= 0.6 is 0 Å². The third-order valence-electron chi connectivity index (χ3n) is 2.98. The molecule has 0 spiro atoms. The molecule has 0 aliphatic heterocycles. The number of carbonyl (C=O) groups is 2. The Labute approximate surface area is 135 Å². The van der Waals surface area contributed by atoms with Crippen molar-refractivity contribution in [3.05, 3.63) is 54.1 Å². The zero-order valence-corrected chi connectivity index (χ0v) is 12.5. The molecule has 0 saturated carbocycles. The monoisotopic (exact) mass is 338 g/mol. The number of amides is 2. The van der Waals surface area contributed by atoms with Crippen molar-refractivity contribution in [3.63, 3.8) is 0 Å². The predicted octanol–water partition coefficient (Wildman–Crippen LogP) is 3.29. The number of hydrogen-bond donors (Lipinski definition) is 2. The minimum Gasteiger partial charge on any atom is -0.497 e. The molecule has 2 aromatic carbocycles. The van der Waals surface area contributed by atoms with Crippen molar-refractivity contribution in [2.24, 2.45) is 0 Å². The average Bonchev–Trinajstić information content (AvgIpc) is 2.54. The van der Waals surface area contributed by atoms with Crippen LogP contribution in [0.2, 0.25) is 0 Å². The van der Waals surface area contributed by atoms with Gasteiger partial charge in [0.15, 0.2) is 0 Å². The molecule has 5 nitrogen and oxygen atoms in total. The molecule has 0 radical (unpaired) electrons. The van der Waals surface area contributed by atoms with E-state index in [1.807, 2.05) is 0 Å². The third kappa shape index (κ3) is 4.48. The van der Waals surface area contributed by atoms with Crippen LogP contribution in [0.3, 0.4) is 0 Å². The molecule has 0 unspecified atom stereocenters. The van der Waals surface area contributed by atoms with E-state index in [0.717, 1.165) is 18.2 Å². The van der Waals surface area contributed by atoms with E-state index in [4.69, 9.17) is 4.74 Å². The van der Waals surface area contributed by atoms with Crippen molar-refractivity contribution in [2.75, 3.05) is 17.7 Å². The van der Waals surface area contributed by atoms with Crippen LogP contribution in [0.15, 0.2) is 48.5 Å². The van der Waals surface area contributed by atoms with Crippen LogP contribution in [0.25, 0.3) is 0 Å². The summed E-state index contributed by atoms with van der Waals surface area (Å²) in [7, 11) is 1.45. The van der Waals surface area contributed by atoms with Gasteiger partial charge in [-0.1, -0.05) is 12.1 Å². The summed E-state index contributed by atoms with van der Waals surface area (Å²) in [6.07, 6.45) is -4.54. The number of anilines is 2. The van der Waals surface area contributed by atoms with E-state index < -0.39 is 23.6 Å². The third-order valence-corrected chi connectivity index (χ3v) is 2.98. The van der Waals surface area contributed by atoms with Gasteiger partial charge in [0.1, 0.15) is 5.75 Å². The second kappa shape index (κ2) is 7.03. The number of methoxy groups -OCH3 is 1. The Morgan fingerprint density at radius 2 is 1.46 bits per heavy atom. The van der Waals surface area contributed by atoms with Crippen molar-refractivity contribution < 1.29 is 27.5 Å². The Morgan fingerprint density at radius 3 is 2.00 bits per heavy atom. The minimum atomic E-state index is -4.54. The molecule has 8 heteroatoms. The quantitative estimate of drug-likeness (QED) is 0.844. The van der Waals surface area contributed by atoms with Crippen molar-refractivity contribution in [1.29, 1.82) is 0 Å². The highest BCUT2D eigenvalue weighted by molar-refractivity contribution is 6.43. The number of alkyl halides is 3. The highest BCUT2D eigenvalue weighted by Crippen LogP contribution is 2.30. The molecule has 0 saturated heterocycles. The lowest BCUT2D eigenvalue weighted by atomic mass is 10.2. The normalized spacial score (nSPS) is 10.8. The summed E-state index contributed by atoms with van der Waals surface area (Å²) < 4.78 is 42.8. The largest absolute Gasteiger partial charge is 0.497 e. The minimum absolute atomic E-state index is 0.129. The van der Waals surface area contributed by atoms with Crippen LogP contribution in [-0.2, 0) is 15.8 Å². The van der Waals surface area contributed by atoms with E-state index in [1.165, 1.54) is 25.3 Å². The smallest absolute Gasteiger partial charge is 0.416 e. The van der Waals surface area contributed by atoms with Crippen LogP contribution in [0.4, 0.5) is 24.5 Å². The second-order valence-corrected chi connectivity index (χ2v) is 4.72. The lowest BCUT2D eigenvalue weighted by molar-refractivity contribution is -0.137. The van der Waals surface area contributed by atoms with Crippen LogP contribution < -0.4 is 15.4 Å². The number of nitrogens with one attached hydrogen (secondary N) is 2. The first-order valence-corrected chi connectivity index (χ1v) is 6.73. The van der Waals surface area contributed by atoms with Crippen molar-refractivity contribution in [3.8, 4) is 5.75 Å². The first-order valence-electron chi connectivity index (χ1n) is 6.73. The Hall–Kier alpha value is -3.03. The van der Waals surface area contributed by atoms with E-state index in [2.05, 4.69) is 10.6 Å². The van der Waals surface area contributed by atoms with Gasteiger partial charge >= 0.3 is 18.0 Å². The summed E-state index contributed by atoms with van der Waals surface area (Å²) in [5.41, 5.74) is -0.734. The van der Waals surface area contributed by atoms with Gasteiger partial charge in [-0.2, -0.15) is 13.2 Å². The first-order chi connectivity index (χ1) is 11.3. The van der Waals surface area contributed by atoms with E-state index in [1.54, 1.807) is 12.1 Å². The Bertz CT molecular complexity index is 760. The topological polar surface area (TPSA) is 67.4 Å². The number of halogens is 3. The molecule has 24 heavy (non-hydrogen) atoms. The van der Waals surface area contributed by atoms with Gasteiger partial charge < -0.3 is 15.4 Å².